The van der Waals surface area contributed by atoms with Crippen molar-refractivity contribution in [3.63, 3.8) is 0 Å². The largest absolute Gasteiger partial charge is 0.243 e. The van der Waals surface area contributed by atoms with Crippen LogP contribution in [0.1, 0.15) is 11.1 Å². The summed E-state index contributed by atoms with van der Waals surface area (Å²) < 4.78 is 55.8. The zero-order valence-electron chi connectivity index (χ0n) is 19.1. The minimum absolute atomic E-state index is 0.111. The van der Waals surface area contributed by atoms with Gasteiger partial charge in [-0.1, -0.05) is 59.7 Å². The maximum Gasteiger partial charge on any atom is 0.243 e. The Morgan fingerprint density at radius 3 is 1.21 bits per heavy atom. The smallest absolute Gasteiger partial charge is 0.207 e. The minimum atomic E-state index is -3.72. The summed E-state index contributed by atoms with van der Waals surface area (Å²) in [7, 11) is -7.44. The Bertz CT molecular complexity index is 1500. The molecular formula is C26H26N2O4S2. The quantitative estimate of drug-likeness (QED) is 0.424. The molecule has 0 N–H and O–H groups in total. The highest BCUT2D eigenvalue weighted by Crippen LogP contribution is 2.27. The molecule has 1 heterocycles. The van der Waals surface area contributed by atoms with Crippen molar-refractivity contribution in [2.24, 2.45) is 0 Å². The SMILES string of the molecule is Cc1ccc2cc(S(=O)(=O)N3CCN(S(=O)(=O)c4ccc5cc(C)ccc5c4)CC3)ccc2c1. The van der Waals surface area contributed by atoms with Crippen LogP contribution in [0.15, 0.2) is 82.6 Å². The maximum atomic E-state index is 13.3. The first-order valence-electron chi connectivity index (χ1n) is 11.2. The highest BCUT2D eigenvalue weighted by molar-refractivity contribution is 7.89. The maximum absolute atomic E-state index is 13.3. The van der Waals surface area contributed by atoms with E-state index in [1.54, 1.807) is 24.3 Å². The van der Waals surface area contributed by atoms with Gasteiger partial charge in [0.15, 0.2) is 0 Å². The van der Waals surface area contributed by atoms with Gasteiger partial charge < -0.3 is 0 Å². The lowest BCUT2D eigenvalue weighted by Crippen LogP contribution is -2.50. The van der Waals surface area contributed by atoms with Gasteiger partial charge in [-0.3, -0.25) is 0 Å². The average molecular weight is 495 g/mol. The molecule has 176 valence electrons. The van der Waals surface area contributed by atoms with Gasteiger partial charge >= 0.3 is 0 Å². The number of aryl methyl sites for hydroxylation is 2. The van der Waals surface area contributed by atoms with Crippen molar-refractivity contribution in [2.45, 2.75) is 23.6 Å². The lowest BCUT2D eigenvalue weighted by Gasteiger charge is -2.33. The van der Waals surface area contributed by atoms with E-state index in [0.717, 1.165) is 32.7 Å². The molecular weight excluding hydrogens is 468 g/mol. The molecule has 8 heteroatoms. The van der Waals surface area contributed by atoms with Crippen molar-refractivity contribution in [1.29, 1.82) is 0 Å². The molecule has 4 aromatic rings. The van der Waals surface area contributed by atoms with Crippen LogP contribution in [0.3, 0.4) is 0 Å². The van der Waals surface area contributed by atoms with E-state index in [1.807, 2.05) is 62.4 Å². The molecule has 1 aliphatic heterocycles. The summed E-state index contributed by atoms with van der Waals surface area (Å²) in [5.74, 6) is 0. The summed E-state index contributed by atoms with van der Waals surface area (Å²) in [6, 6.07) is 22.0. The minimum Gasteiger partial charge on any atom is -0.207 e. The molecule has 5 rings (SSSR count). The summed E-state index contributed by atoms with van der Waals surface area (Å²) in [5.41, 5.74) is 2.23. The fourth-order valence-corrected chi connectivity index (χ4v) is 7.37. The molecule has 0 amide bonds. The summed E-state index contributed by atoms with van der Waals surface area (Å²) in [6.07, 6.45) is 0. The number of piperazine rings is 1. The molecule has 0 bridgehead atoms. The van der Waals surface area contributed by atoms with Crippen molar-refractivity contribution in [3.8, 4) is 0 Å². The number of nitrogens with zero attached hydrogens (tertiary/aromatic N) is 2. The lowest BCUT2D eigenvalue weighted by atomic mass is 10.1. The topological polar surface area (TPSA) is 74.8 Å². The number of hydrogen-bond donors (Lipinski definition) is 0. The van der Waals surface area contributed by atoms with E-state index in [-0.39, 0.29) is 36.0 Å². The number of benzene rings is 4. The third kappa shape index (κ3) is 4.11. The Morgan fingerprint density at radius 1 is 0.500 bits per heavy atom. The molecule has 6 nitrogen and oxygen atoms in total. The zero-order valence-corrected chi connectivity index (χ0v) is 20.7. The van der Waals surface area contributed by atoms with Crippen LogP contribution in [0.4, 0.5) is 0 Å². The third-order valence-corrected chi connectivity index (χ3v) is 10.2. The Morgan fingerprint density at radius 2 is 0.824 bits per heavy atom. The van der Waals surface area contributed by atoms with Gasteiger partial charge in [0.1, 0.15) is 0 Å². The second kappa shape index (κ2) is 8.46. The highest BCUT2D eigenvalue weighted by atomic mass is 32.2. The molecule has 0 spiro atoms. The molecule has 1 fully saturated rings. The summed E-state index contributed by atoms with van der Waals surface area (Å²) in [5, 5.41) is 3.69. The number of fused-ring (bicyclic) bond motifs is 2. The first kappa shape index (κ1) is 23.0. The van der Waals surface area contributed by atoms with Gasteiger partial charge in [-0.15, -0.1) is 0 Å². The van der Waals surface area contributed by atoms with Crippen LogP contribution in [0, 0.1) is 13.8 Å². The van der Waals surface area contributed by atoms with Gasteiger partial charge in [0.25, 0.3) is 0 Å². The number of rotatable bonds is 4. The fourth-order valence-electron chi connectivity index (χ4n) is 4.46. The third-order valence-electron chi connectivity index (χ3n) is 6.41. The fraction of sp³-hybridized carbons (Fsp3) is 0.231. The predicted octanol–water partition coefficient (Wildman–Crippen LogP) is 4.31. The molecule has 0 saturated carbocycles. The van der Waals surface area contributed by atoms with Gasteiger partial charge in [-0.25, -0.2) is 16.8 Å². The molecule has 0 atom stereocenters. The van der Waals surface area contributed by atoms with E-state index in [0.29, 0.717) is 0 Å². The van der Waals surface area contributed by atoms with Crippen LogP contribution >= 0.6 is 0 Å². The van der Waals surface area contributed by atoms with Gasteiger partial charge in [0, 0.05) is 26.2 Å². The Labute approximate surface area is 200 Å². The normalized spacial score (nSPS) is 16.3. The first-order valence-corrected chi connectivity index (χ1v) is 14.0. The molecule has 4 aromatic carbocycles. The molecule has 0 aromatic heterocycles. The van der Waals surface area contributed by atoms with E-state index in [1.165, 1.54) is 8.61 Å². The van der Waals surface area contributed by atoms with Crippen LogP contribution in [-0.4, -0.2) is 51.6 Å². The van der Waals surface area contributed by atoms with Crippen molar-refractivity contribution in [1.82, 2.24) is 8.61 Å². The highest BCUT2D eigenvalue weighted by Gasteiger charge is 2.34. The van der Waals surface area contributed by atoms with Gasteiger partial charge in [0.2, 0.25) is 20.0 Å². The van der Waals surface area contributed by atoms with E-state index < -0.39 is 20.0 Å². The summed E-state index contributed by atoms with van der Waals surface area (Å²) in [4.78, 5) is 0.454. The molecule has 0 unspecified atom stereocenters. The van der Waals surface area contributed by atoms with Crippen LogP contribution in [0.5, 0.6) is 0 Å². The molecule has 0 aliphatic carbocycles. The van der Waals surface area contributed by atoms with Crippen molar-refractivity contribution >= 4 is 41.6 Å². The lowest BCUT2D eigenvalue weighted by molar-refractivity contribution is 0.273. The van der Waals surface area contributed by atoms with Crippen molar-refractivity contribution < 1.29 is 16.8 Å². The summed E-state index contributed by atoms with van der Waals surface area (Å²) >= 11 is 0. The van der Waals surface area contributed by atoms with Gasteiger partial charge in [0.05, 0.1) is 9.79 Å². The Hall–Kier alpha value is -2.78. The predicted molar refractivity (Wildman–Crippen MR) is 135 cm³/mol. The van der Waals surface area contributed by atoms with Gasteiger partial charge in [-0.05, 0) is 59.7 Å². The first-order chi connectivity index (χ1) is 16.1. The molecule has 34 heavy (non-hydrogen) atoms. The average Bonchev–Trinajstić information content (AvgIpc) is 2.83. The molecule has 1 saturated heterocycles. The van der Waals surface area contributed by atoms with Gasteiger partial charge in [-0.2, -0.15) is 8.61 Å². The van der Waals surface area contributed by atoms with E-state index in [9.17, 15) is 16.8 Å². The number of sulfonamides is 2. The zero-order chi connectivity index (χ0) is 24.1. The second-order valence-electron chi connectivity index (χ2n) is 8.83. The monoisotopic (exact) mass is 494 g/mol. The number of hydrogen-bond acceptors (Lipinski definition) is 4. The second-order valence-corrected chi connectivity index (χ2v) is 12.7. The Kier molecular flexibility index (Phi) is 5.72. The van der Waals surface area contributed by atoms with Crippen molar-refractivity contribution in [2.75, 3.05) is 26.2 Å². The van der Waals surface area contributed by atoms with E-state index in [4.69, 9.17) is 0 Å². The Balaban J connectivity index is 1.35. The van der Waals surface area contributed by atoms with Crippen molar-refractivity contribution in [3.05, 3.63) is 83.9 Å². The van der Waals surface area contributed by atoms with E-state index in [2.05, 4.69) is 0 Å². The standard InChI is InChI=1S/C26H26N2O4S2/c1-19-3-5-23-17-25(9-7-21(23)15-19)33(29,30)27-11-13-28(14-12-27)34(31,32)26-10-8-22-16-20(2)4-6-24(22)18-26/h3-10,15-18H,11-14H2,1-2H3. The van der Waals surface area contributed by atoms with Crippen LogP contribution in [-0.2, 0) is 20.0 Å². The van der Waals surface area contributed by atoms with E-state index >= 15 is 0 Å². The van der Waals surface area contributed by atoms with Crippen LogP contribution in [0.2, 0.25) is 0 Å². The summed E-state index contributed by atoms with van der Waals surface area (Å²) in [6.45, 7) is 4.44. The molecule has 0 radical (unpaired) electrons. The molecule has 1 aliphatic rings. The van der Waals surface area contributed by atoms with Crippen LogP contribution in [0.25, 0.3) is 21.5 Å². The van der Waals surface area contributed by atoms with Crippen LogP contribution < -0.4 is 0 Å².